The second-order valence-corrected chi connectivity index (χ2v) is 5.18. The van der Waals surface area contributed by atoms with E-state index in [0.717, 1.165) is 6.08 Å². The van der Waals surface area contributed by atoms with Gasteiger partial charge in [-0.15, -0.1) is 0 Å². The number of hydrogen-bond acceptors (Lipinski definition) is 4. The zero-order chi connectivity index (χ0) is 18.9. The smallest absolute Gasteiger partial charge is 0.331 e. The SMILES string of the molecule is CNC(=O)NC(=O)[C@@H](OC(=O)/C=C/c1cccc(F)c1)c1ccccc1. The molecule has 0 bridgehead atoms. The monoisotopic (exact) mass is 356 g/mol. The Hall–Kier alpha value is -3.48. The molecular weight excluding hydrogens is 339 g/mol. The molecule has 0 fully saturated rings. The van der Waals surface area contributed by atoms with Gasteiger partial charge in [0.2, 0.25) is 6.10 Å². The molecule has 0 spiro atoms. The fourth-order valence-electron chi connectivity index (χ4n) is 2.07. The van der Waals surface area contributed by atoms with Crippen LogP contribution >= 0.6 is 0 Å². The number of amides is 3. The summed E-state index contributed by atoms with van der Waals surface area (Å²) in [5, 5.41) is 4.32. The zero-order valence-corrected chi connectivity index (χ0v) is 13.9. The maximum absolute atomic E-state index is 13.1. The van der Waals surface area contributed by atoms with Gasteiger partial charge < -0.3 is 10.1 Å². The van der Waals surface area contributed by atoms with Gasteiger partial charge in [-0.05, 0) is 23.8 Å². The van der Waals surface area contributed by atoms with Crippen LogP contribution in [0.2, 0.25) is 0 Å². The number of rotatable bonds is 5. The first-order chi connectivity index (χ1) is 12.5. The first-order valence-electron chi connectivity index (χ1n) is 7.71. The summed E-state index contributed by atoms with van der Waals surface area (Å²) in [5.74, 6) is -2.04. The average Bonchev–Trinajstić information content (AvgIpc) is 2.65. The Morgan fingerprint density at radius 3 is 2.46 bits per heavy atom. The minimum absolute atomic E-state index is 0.404. The molecule has 2 aromatic rings. The van der Waals surface area contributed by atoms with Crippen molar-refractivity contribution in [1.29, 1.82) is 0 Å². The molecule has 0 saturated heterocycles. The molecule has 0 aromatic heterocycles. The molecule has 7 heteroatoms. The van der Waals surface area contributed by atoms with Crippen LogP contribution in [0.3, 0.4) is 0 Å². The predicted molar refractivity (Wildman–Crippen MR) is 93.3 cm³/mol. The van der Waals surface area contributed by atoms with Crippen molar-refractivity contribution in [3.8, 4) is 0 Å². The van der Waals surface area contributed by atoms with Crippen molar-refractivity contribution in [2.45, 2.75) is 6.10 Å². The molecule has 6 nitrogen and oxygen atoms in total. The van der Waals surface area contributed by atoms with Crippen LogP contribution in [0.15, 0.2) is 60.7 Å². The molecule has 2 aromatic carbocycles. The van der Waals surface area contributed by atoms with E-state index in [-0.39, 0.29) is 0 Å². The molecule has 134 valence electrons. The molecule has 0 aliphatic heterocycles. The highest BCUT2D eigenvalue weighted by Gasteiger charge is 2.25. The molecule has 1 atom stereocenters. The lowest BCUT2D eigenvalue weighted by molar-refractivity contribution is -0.151. The van der Waals surface area contributed by atoms with E-state index in [0.29, 0.717) is 11.1 Å². The van der Waals surface area contributed by atoms with Crippen LogP contribution in [-0.4, -0.2) is 25.0 Å². The number of urea groups is 1. The summed E-state index contributed by atoms with van der Waals surface area (Å²) in [7, 11) is 1.36. The maximum atomic E-state index is 13.1. The van der Waals surface area contributed by atoms with Crippen molar-refractivity contribution >= 4 is 24.0 Å². The van der Waals surface area contributed by atoms with Crippen LogP contribution in [0.5, 0.6) is 0 Å². The van der Waals surface area contributed by atoms with Crippen LogP contribution in [0.1, 0.15) is 17.2 Å². The van der Waals surface area contributed by atoms with Gasteiger partial charge in [-0.1, -0.05) is 42.5 Å². The van der Waals surface area contributed by atoms with E-state index in [1.165, 1.54) is 31.3 Å². The molecule has 0 saturated carbocycles. The van der Waals surface area contributed by atoms with Crippen LogP contribution < -0.4 is 10.6 Å². The molecule has 0 aliphatic rings. The molecule has 0 radical (unpaired) electrons. The summed E-state index contributed by atoms with van der Waals surface area (Å²) in [6.45, 7) is 0. The van der Waals surface area contributed by atoms with Crippen LogP contribution in [-0.2, 0) is 14.3 Å². The fraction of sp³-hybridized carbons (Fsp3) is 0.105. The number of imide groups is 1. The Bertz CT molecular complexity index is 821. The third kappa shape index (κ3) is 5.55. The van der Waals surface area contributed by atoms with E-state index in [4.69, 9.17) is 4.74 Å². The van der Waals surface area contributed by atoms with Crippen molar-refractivity contribution < 1.29 is 23.5 Å². The molecule has 3 amide bonds. The standard InChI is InChI=1S/C19H17FN2O4/c1-21-19(25)22-18(24)17(14-7-3-2-4-8-14)26-16(23)11-10-13-6-5-9-15(20)12-13/h2-12,17H,1H3,(H2,21,22,24,25)/b11-10+/t17-/m0/s1. The van der Waals surface area contributed by atoms with Gasteiger partial charge >= 0.3 is 12.0 Å². The molecule has 0 aliphatic carbocycles. The Balaban J connectivity index is 2.14. The number of hydrogen-bond donors (Lipinski definition) is 2. The molecule has 0 heterocycles. The van der Waals surface area contributed by atoms with E-state index in [1.807, 2.05) is 0 Å². The van der Waals surface area contributed by atoms with Crippen molar-refractivity contribution in [3.05, 3.63) is 77.6 Å². The highest BCUT2D eigenvalue weighted by molar-refractivity contribution is 5.98. The largest absolute Gasteiger partial charge is 0.444 e. The topological polar surface area (TPSA) is 84.5 Å². The number of nitrogens with one attached hydrogen (secondary N) is 2. The lowest BCUT2D eigenvalue weighted by atomic mass is 10.1. The van der Waals surface area contributed by atoms with Gasteiger partial charge in [-0.2, -0.15) is 0 Å². The van der Waals surface area contributed by atoms with Gasteiger partial charge in [0.05, 0.1) is 0 Å². The van der Waals surface area contributed by atoms with Crippen LogP contribution in [0.25, 0.3) is 6.08 Å². The second kappa shape index (κ2) is 9.12. The van der Waals surface area contributed by atoms with Crippen LogP contribution in [0, 0.1) is 5.82 Å². The third-order valence-electron chi connectivity index (χ3n) is 3.30. The number of esters is 1. The van der Waals surface area contributed by atoms with E-state index in [2.05, 4.69) is 10.6 Å². The number of carbonyl (C=O) groups is 3. The fourth-order valence-corrected chi connectivity index (χ4v) is 2.07. The zero-order valence-electron chi connectivity index (χ0n) is 13.9. The van der Waals surface area contributed by atoms with Gasteiger partial charge in [0.25, 0.3) is 5.91 Å². The highest BCUT2D eigenvalue weighted by atomic mass is 19.1. The molecule has 0 unspecified atom stereocenters. The lowest BCUT2D eigenvalue weighted by Gasteiger charge is -2.16. The van der Waals surface area contributed by atoms with E-state index >= 15 is 0 Å². The molecular formula is C19H17FN2O4. The normalized spacial score (nSPS) is 11.6. The van der Waals surface area contributed by atoms with E-state index in [9.17, 15) is 18.8 Å². The number of ether oxygens (including phenoxy) is 1. The first-order valence-corrected chi connectivity index (χ1v) is 7.71. The minimum Gasteiger partial charge on any atom is -0.444 e. The molecule has 2 rings (SSSR count). The number of halogens is 1. The molecule has 2 N–H and O–H groups in total. The second-order valence-electron chi connectivity index (χ2n) is 5.18. The maximum Gasteiger partial charge on any atom is 0.331 e. The average molecular weight is 356 g/mol. The summed E-state index contributed by atoms with van der Waals surface area (Å²) in [6, 6.07) is 13.2. The Kier molecular flexibility index (Phi) is 6.61. The van der Waals surface area contributed by atoms with Gasteiger partial charge in [-0.25, -0.2) is 14.0 Å². The predicted octanol–water partition coefficient (Wildman–Crippen LogP) is 2.58. The minimum atomic E-state index is -1.31. The summed E-state index contributed by atoms with van der Waals surface area (Å²) in [4.78, 5) is 35.7. The summed E-state index contributed by atoms with van der Waals surface area (Å²) in [5.41, 5.74) is 0.870. The van der Waals surface area contributed by atoms with Crippen LogP contribution in [0.4, 0.5) is 9.18 Å². The summed E-state index contributed by atoms with van der Waals surface area (Å²) < 4.78 is 18.3. The summed E-state index contributed by atoms with van der Waals surface area (Å²) in [6.07, 6.45) is 1.14. The summed E-state index contributed by atoms with van der Waals surface area (Å²) >= 11 is 0. The van der Waals surface area contributed by atoms with E-state index < -0.39 is 29.8 Å². The number of benzene rings is 2. The van der Waals surface area contributed by atoms with Crippen molar-refractivity contribution in [1.82, 2.24) is 10.6 Å². The van der Waals surface area contributed by atoms with Gasteiger partial charge in [-0.3, -0.25) is 10.1 Å². The third-order valence-corrected chi connectivity index (χ3v) is 3.30. The Labute approximate surface area is 149 Å². The first kappa shape index (κ1) is 18.9. The van der Waals surface area contributed by atoms with Gasteiger partial charge in [0, 0.05) is 18.7 Å². The van der Waals surface area contributed by atoms with Gasteiger partial charge in [0.15, 0.2) is 0 Å². The Morgan fingerprint density at radius 2 is 1.81 bits per heavy atom. The van der Waals surface area contributed by atoms with Crippen molar-refractivity contribution in [2.24, 2.45) is 0 Å². The van der Waals surface area contributed by atoms with Crippen molar-refractivity contribution in [2.75, 3.05) is 7.05 Å². The lowest BCUT2D eigenvalue weighted by Crippen LogP contribution is -2.41. The van der Waals surface area contributed by atoms with E-state index in [1.54, 1.807) is 36.4 Å². The quantitative estimate of drug-likeness (QED) is 0.637. The van der Waals surface area contributed by atoms with Gasteiger partial charge in [0.1, 0.15) is 5.82 Å². The van der Waals surface area contributed by atoms with Crippen molar-refractivity contribution in [3.63, 3.8) is 0 Å². The highest BCUT2D eigenvalue weighted by Crippen LogP contribution is 2.18. The Morgan fingerprint density at radius 1 is 1.08 bits per heavy atom. The number of carbonyl (C=O) groups excluding carboxylic acids is 3. The molecule has 26 heavy (non-hydrogen) atoms.